The normalized spacial score (nSPS) is 18.7. The molecular weight excluding hydrogens is 559 g/mol. The molecule has 8 nitrogen and oxygen atoms in total. The number of hydrogen-bond donors (Lipinski definition) is 3. The second-order valence-corrected chi connectivity index (χ2v) is 11.8. The predicted octanol–water partition coefficient (Wildman–Crippen LogP) is 5.16. The summed E-state index contributed by atoms with van der Waals surface area (Å²) in [5.74, 6) is -2.38. The number of benzene rings is 2. The van der Waals surface area contributed by atoms with Gasteiger partial charge in [0.05, 0.1) is 4.90 Å². The molecule has 39 heavy (non-hydrogen) atoms. The van der Waals surface area contributed by atoms with Gasteiger partial charge in [0.2, 0.25) is 10.0 Å². The first-order valence-corrected chi connectivity index (χ1v) is 14.4. The number of rotatable bonds is 7. The summed E-state index contributed by atoms with van der Waals surface area (Å²) in [6.45, 7) is 2.73. The van der Waals surface area contributed by atoms with Gasteiger partial charge in [-0.1, -0.05) is 36.9 Å². The smallest absolute Gasteiger partial charge is 0.475 e. The van der Waals surface area contributed by atoms with E-state index in [9.17, 15) is 26.4 Å². The van der Waals surface area contributed by atoms with Crippen molar-refractivity contribution in [2.24, 2.45) is 5.92 Å². The number of halogens is 4. The molecule has 2 aliphatic rings. The van der Waals surface area contributed by atoms with Gasteiger partial charge in [-0.3, -0.25) is 4.79 Å². The van der Waals surface area contributed by atoms with Crippen molar-refractivity contribution in [3.63, 3.8) is 0 Å². The van der Waals surface area contributed by atoms with Crippen molar-refractivity contribution < 1.29 is 36.3 Å². The van der Waals surface area contributed by atoms with Crippen LogP contribution in [0.25, 0.3) is 0 Å². The Morgan fingerprint density at radius 1 is 1.03 bits per heavy atom. The van der Waals surface area contributed by atoms with Crippen LogP contribution in [0.15, 0.2) is 53.4 Å². The highest BCUT2D eigenvalue weighted by Gasteiger charge is 2.38. The van der Waals surface area contributed by atoms with E-state index in [1.54, 1.807) is 36.4 Å². The van der Waals surface area contributed by atoms with Crippen LogP contribution in [-0.4, -0.2) is 62.2 Å². The number of anilines is 1. The molecule has 4 rings (SSSR count). The van der Waals surface area contributed by atoms with E-state index in [4.69, 9.17) is 21.5 Å². The first kappa shape index (κ1) is 30.9. The van der Waals surface area contributed by atoms with E-state index >= 15 is 0 Å². The Kier molecular flexibility index (Phi) is 10.8. The fraction of sp³-hybridized carbons (Fsp3) is 0.462. The van der Waals surface area contributed by atoms with E-state index < -0.39 is 22.2 Å². The molecular formula is C26H31ClF3N3O5S. The number of carbonyl (C=O) groups is 2. The van der Waals surface area contributed by atoms with Crippen LogP contribution in [0, 0.1) is 5.92 Å². The number of likely N-dealkylation sites (tertiary alicyclic amines) is 1. The summed E-state index contributed by atoms with van der Waals surface area (Å²) in [7, 11) is -3.71. The summed E-state index contributed by atoms with van der Waals surface area (Å²) in [5.41, 5.74) is 0.878. The zero-order chi connectivity index (χ0) is 28.6. The Morgan fingerprint density at radius 3 is 2.28 bits per heavy atom. The highest BCUT2D eigenvalue weighted by molar-refractivity contribution is 7.89. The molecule has 13 heteroatoms. The minimum absolute atomic E-state index is 0.102. The third kappa shape index (κ3) is 9.79. The average Bonchev–Trinajstić information content (AvgIpc) is 3.31. The summed E-state index contributed by atoms with van der Waals surface area (Å²) in [6.07, 6.45) is 2.28. The molecule has 2 fully saturated rings. The monoisotopic (exact) mass is 589 g/mol. The second kappa shape index (κ2) is 13.6. The van der Waals surface area contributed by atoms with Crippen LogP contribution in [-0.2, 0) is 14.8 Å². The van der Waals surface area contributed by atoms with Crippen LogP contribution in [0.4, 0.5) is 18.9 Å². The summed E-state index contributed by atoms with van der Waals surface area (Å²) in [4.78, 5) is 24.0. The number of nitrogens with one attached hydrogen (secondary N) is 2. The molecule has 0 bridgehead atoms. The van der Waals surface area contributed by atoms with Gasteiger partial charge in [-0.2, -0.15) is 13.2 Å². The molecule has 2 aromatic rings. The summed E-state index contributed by atoms with van der Waals surface area (Å²) in [6, 6.07) is 12.8. The number of hydrogen-bond acceptors (Lipinski definition) is 5. The maximum Gasteiger partial charge on any atom is 0.490 e. The molecule has 1 saturated heterocycles. The SMILES string of the molecule is O=C(Nc1ccc(Cl)cc1)c1cccc(S(=O)(=O)NC2CCN(CC3CCCCC3)C2)c1.O=C(O)C(F)(F)F. The van der Waals surface area contributed by atoms with Crippen LogP contribution in [0.3, 0.4) is 0 Å². The highest BCUT2D eigenvalue weighted by atomic mass is 35.5. The third-order valence-corrected chi connectivity index (χ3v) is 8.36. The Bertz CT molecular complexity index is 1240. The molecule has 1 saturated carbocycles. The lowest BCUT2D eigenvalue weighted by Crippen LogP contribution is -2.38. The Labute approximate surface area is 230 Å². The van der Waals surface area contributed by atoms with Gasteiger partial charge < -0.3 is 15.3 Å². The number of sulfonamides is 1. The van der Waals surface area contributed by atoms with Gasteiger partial charge in [-0.25, -0.2) is 17.9 Å². The van der Waals surface area contributed by atoms with Gasteiger partial charge in [0.1, 0.15) is 0 Å². The van der Waals surface area contributed by atoms with Crippen molar-refractivity contribution in [2.75, 3.05) is 25.0 Å². The molecule has 3 N–H and O–H groups in total. The van der Waals surface area contributed by atoms with Gasteiger partial charge in [0.25, 0.3) is 5.91 Å². The minimum Gasteiger partial charge on any atom is -0.475 e. The lowest BCUT2D eigenvalue weighted by atomic mass is 9.89. The summed E-state index contributed by atoms with van der Waals surface area (Å²) >= 11 is 5.87. The minimum atomic E-state index is -5.08. The van der Waals surface area contributed by atoms with Crippen LogP contribution < -0.4 is 10.0 Å². The molecule has 214 valence electrons. The molecule has 0 spiro atoms. The largest absolute Gasteiger partial charge is 0.490 e. The third-order valence-electron chi connectivity index (χ3n) is 6.59. The highest BCUT2D eigenvalue weighted by Crippen LogP contribution is 2.26. The standard InChI is InChI=1S/C24H30ClN3O3S.C2HF3O2/c25-20-9-11-21(12-10-20)26-24(29)19-7-4-8-23(15-19)32(30,31)27-22-13-14-28(17-22)16-18-5-2-1-3-6-18;3-2(4,5)1(6)7/h4,7-12,15,18,22,27H,1-3,5-6,13-14,16-17H2,(H,26,29);(H,6,7). The number of carboxylic acid groups (broad SMARTS) is 1. The van der Waals surface area contributed by atoms with E-state index in [1.165, 1.54) is 44.2 Å². The van der Waals surface area contributed by atoms with Gasteiger partial charge in [0, 0.05) is 35.4 Å². The fourth-order valence-corrected chi connectivity index (χ4v) is 6.09. The van der Waals surface area contributed by atoms with Gasteiger partial charge in [0.15, 0.2) is 0 Å². The van der Waals surface area contributed by atoms with Gasteiger partial charge in [-0.05, 0) is 74.2 Å². The molecule has 1 amide bonds. The molecule has 1 aliphatic heterocycles. The van der Waals surface area contributed by atoms with E-state index in [1.807, 2.05) is 0 Å². The van der Waals surface area contributed by atoms with Crippen LogP contribution in [0.1, 0.15) is 48.9 Å². The lowest BCUT2D eigenvalue weighted by molar-refractivity contribution is -0.192. The quantitative estimate of drug-likeness (QED) is 0.411. The summed E-state index contributed by atoms with van der Waals surface area (Å²) < 4.78 is 60.5. The number of nitrogens with zero attached hydrogens (tertiary/aromatic N) is 1. The number of carboxylic acids is 1. The van der Waals surface area contributed by atoms with Crippen molar-refractivity contribution in [3.8, 4) is 0 Å². The average molecular weight is 590 g/mol. The zero-order valence-corrected chi connectivity index (χ0v) is 22.7. The van der Waals surface area contributed by atoms with Crippen LogP contribution >= 0.6 is 11.6 Å². The van der Waals surface area contributed by atoms with Crippen LogP contribution in [0.2, 0.25) is 5.02 Å². The second-order valence-electron chi connectivity index (χ2n) is 9.66. The lowest BCUT2D eigenvalue weighted by Gasteiger charge is -2.26. The number of alkyl halides is 3. The van der Waals surface area contributed by atoms with E-state index in [0.717, 1.165) is 32.0 Å². The fourth-order valence-electron chi connectivity index (χ4n) is 4.66. The molecule has 2 aromatic carbocycles. The Balaban J connectivity index is 0.000000532. The van der Waals surface area contributed by atoms with E-state index in [-0.39, 0.29) is 22.4 Å². The molecule has 1 unspecified atom stereocenters. The van der Waals surface area contributed by atoms with E-state index in [2.05, 4.69) is 14.9 Å². The van der Waals surface area contributed by atoms with E-state index in [0.29, 0.717) is 10.7 Å². The Hall–Kier alpha value is -2.67. The molecule has 1 heterocycles. The Morgan fingerprint density at radius 2 is 1.67 bits per heavy atom. The predicted molar refractivity (Wildman–Crippen MR) is 141 cm³/mol. The molecule has 1 aliphatic carbocycles. The zero-order valence-electron chi connectivity index (χ0n) is 21.1. The van der Waals surface area contributed by atoms with Crippen molar-refractivity contribution in [1.29, 1.82) is 0 Å². The van der Waals surface area contributed by atoms with Crippen molar-refractivity contribution in [1.82, 2.24) is 9.62 Å². The number of aliphatic carboxylic acids is 1. The van der Waals surface area contributed by atoms with Crippen LogP contribution in [0.5, 0.6) is 0 Å². The van der Waals surface area contributed by atoms with Gasteiger partial charge in [-0.15, -0.1) is 0 Å². The van der Waals surface area contributed by atoms with Crippen molar-refractivity contribution in [3.05, 3.63) is 59.1 Å². The summed E-state index contributed by atoms with van der Waals surface area (Å²) in [5, 5.41) is 10.5. The topological polar surface area (TPSA) is 116 Å². The molecule has 1 atom stereocenters. The van der Waals surface area contributed by atoms with Crippen molar-refractivity contribution >= 4 is 39.2 Å². The number of amides is 1. The maximum atomic E-state index is 13.0. The first-order chi connectivity index (χ1) is 18.3. The van der Waals surface area contributed by atoms with Crippen molar-refractivity contribution in [2.45, 2.75) is 55.6 Å². The molecule has 0 aromatic heterocycles. The first-order valence-electron chi connectivity index (χ1n) is 12.6. The molecule has 0 radical (unpaired) electrons. The number of carbonyl (C=O) groups excluding carboxylic acids is 1. The maximum absolute atomic E-state index is 13.0. The van der Waals surface area contributed by atoms with Gasteiger partial charge >= 0.3 is 12.1 Å².